The molecule has 0 saturated carbocycles. The number of morpholine rings is 1. The summed E-state index contributed by atoms with van der Waals surface area (Å²) in [6.45, 7) is 2.86. The third-order valence-corrected chi connectivity index (χ3v) is 4.54. The number of amides is 2. The van der Waals surface area contributed by atoms with E-state index < -0.39 is 11.8 Å². The first-order chi connectivity index (χ1) is 14.6. The minimum absolute atomic E-state index is 0.194. The van der Waals surface area contributed by atoms with Crippen LogP contribution in [0.5, 0.6) is 0 Å². The lowest BCUT2D eigenvalue weighted by Crippen LogP contribution is -2.36. The van der Waals surface area contributed by atoms with Gasteiger partial charge in [0, 0.05) is 23.7 Å². The highest BCUT2D eigenvalue weighted by atomic mass is 35.5. The number of nitrogens with zero attached hydrogens (tertiary/aromatic N) is 4. The van der Waals surface area contributed by atoms with Crippen molar-refractivity contribution < 1.29 is 18.7 Å². The molecule has 0 radical (unpaired) electrons. The zero-order chi connectivity index (χ0) is 20.9. The third kappa shape index (κ3) is 4.73. The fourth-order valence-corrected chi connectivity index (χ4v) is 2.89. The molecule has 1 aliphatic rings. The van der Waals surface area contributed by atoms with Crippen LogP contribution in [0.3, 0.4) is 0 Å². The van der Waals surface area contributed by atoms with Crippen molar-refractivity contribution in [2.24, 2.45) is 0 Å². The molecule has 3 aromatic rings. The Bertz CT molecular complexity index is 1030. The largest absolute Gasteiger partial charge is 0.399 e. The molecule has 4 rings (SSSR count). The van der Waals surface area contributed by atoms with Gasteiger partial charge in [-0.15, -0.1) is 5.10 Å². The Balaban J connectivity index is 1.35. The Morgan fingerprint density at radius 1 is 0.967 bits per heavy atom. The summed E-state index contributed by atoms with van der Waals surface area (Å²) < 4.78 is 10.5. The minimum atomic E-state index is -0.615. The number of anilines is 3. The Kier molecular flexibility index (Phi) is 5.87. The summed E-state index contributed by atoms with van der Waals surface area (Å²) in [6, 6.07) is 9.62. The third-order valence-electron chi connectivity index (χ3n) is 4.29. The Labute approximate surface area is 176 Å². The second-order valence-corrected chi connectivity index (χ2v) is 6.77. The highest BCUT2D eigenvalue weighted by molar-refractivity contribution is 6.30. The van der Waals surface area contributed by atoms with Crippen molar-refractivity contribution in [3.05, 3.63) is 59.1 Å². The Morgan fingerprint density at radius 3 is 2.43 bits per heavy atom. The first kappa shape index (κ1) is 19.8. The summed E-state index contributed by atoms with van der Waals surface area (Å²) in [7, 11) is 0. The van der Waals surface area contributed by atoms with Gasteiger partial charge in [-0.2, -0.15) is 0 Å². The smallest absolute Gasteiger partial charge is 0.322 e. The lowest BCUT2D eigenvalue weighted by atomic mass is 10.2. The number of hydrogen-bond acceptors (Lipinski definition) is 8. The van der Waals surface area contributed by atoms with Crippen molar-refractivity contribution >= 4 is 40.9 Å². The first-order valence-electron chi connectivity index (χ1n) is 9.09. The monoisotopic (exact) mass is 428 g/mol. The number of benzene rings is 1. The molecule has 11 heteroatoms. The molecule has 2 N–H and O–H groups in total. The molecule has 2 aromatic heterocycles. The molecule has 1 aromatic carbocycles. The number of hydrogen-bond donors (Lipinski definition) is 2. The Hall–Kier alpha value is -3.50. The predicted octanol–water partition coefficient (Wildman–Crippen LogP) is 2.46. The van der Waals surface area contributed by atoms with Crippen LogP contribution in [0.2, 0.25) is 5.02 Å². The normalized spacial score (nSPS) is 13.7. The average molecular weight is 429 g/mol. The summed E-state index contributed by atoms with van der Waals surface area (Å²) in [4.78, 5) is 30.9. The maximum Gasteiger partial charge on any atom is 0.322 e. The van der Waals surface area contributed by atoms with Crippen LogP contribution in [0, 0.1) is 0 Å². The second-order valence-electron chi connectivity index (χ2n) is 6.33. The van der Waals surface area contributed by atoms with Crippen molar-refractivity contribution in [2.45, 2.75) is 0 Å². The van der Waals surface area contributed by atoms with Crippen molar-refractivity contribution in [3.8, 4) is 0 Å². The van der Waals surface area contributed by atoms with E-state index in [0.717, 1.165) is 18.9 Å². The highest BCUT2D eigenvalue weighted by Crippen LogP contribution is 2.17. The van der Waals surface area contributed by atoms with E-state index in [2.05, 4.69) is 30.7 Å². The molecule has 1 aliphatic heterocycles. The number of halogens is 1. The van der Waals surface area contributed by atoms with Crippen molar-refractivity contribution in [2.75, 3.05) is 41.8 Å². The quantitative estimate of drug-likeness (QED) is 0.635. The summed E-state index contributed by atoms with van der Waals surface area (Å²) in [5.41, 5.74) is 0.831. The van der Waals surface area contributed by atoms with Gasteiger partial charge in [-0.05, 0) is 36.4 Å². The van der Waals surface area contributed by atoms with E-state index in [1.807, 2.05) is 6.07 Å². The number of nitrogens with one attached hydrogen (secondary N) is 2. The molecule has 0 unspecified atom stereocenters. The van der Waals surface area contributed by atoms with Gasteiger partial charge in [-0.25, -0.2) is 4.98 Å². The van der Waals surface area contributed by atoms with Gasteiger partial charge in [0.2, 0.25) is 0 Å². The van der Waals surface area contributed by atoms with Crippen LogP contribution in [0.4, 0.5) is 17.5 Å². The molecule has 30 heavy (non-hydrogen) atoms. The zero-order valence-corrected chi connectivity index (χ0v) is 16.4. The molecule has 3 heterocycles. The molecule has 10 nitrogen and oxygen atoms in total. The minimum Gasteiger partial charge on any atom is -0.399 e. The molecule has 154 valence electrons. The van der Waals surface area contributed by atoms with Crippen LogP contribution < -0.4 is 15.5 Å². The van der Waals surface area contributed by atoms with Crippen LogP contribution in [0.1, 0.15) is 21.0 Å². The van der Waals surface area contributed by atoms with Crippen LogP contribution in [-0.2, 0) is 4.74 Å². The molecular formula is C19H17ClN6O4. The summed E-state index contributed by atoms with van der Waals surface area (Å²) >= 11 is 5.80. The second kappa shape index (κ2) is 8.89. The topological polar surface area (TPSA) is 122 Å². The summed E-state index contributed by atoms with van der Waals surface area (Å²) in [5.74, 6) is -0.569. The predicted molar refractivity (Wildman–Crippen MR) is 109 cm³/mol. The molecule has 1 saturated heterocycles. The van der Waals surface area contributed by atoms with E-state index in [0.29, 0.717) is 29.5 Å². The van der Waals surface area contributed by atoms with Crippen LogP contribution >= 0.6 is 11.6 Å². The van der Waals surface area contributed by atoms with E-state index in [1.54, 1.807) is 36.5 Å². The van der Waals surface area contributed by atoms with Crippen LogP contribution in [0.15, 0.2) is 47.0 Å². The van der Waals surface area contributed by atoms with E-state index in [9.17, 15) is 9.59 Å². The molecule has 0 aliphatic carbocycles. The van der Waals surface area contributed by atoms with Gasteiger partial charge in [-0.1, -0.05) is 16.7 Å². The van der Waals surface area contributed by atoms with Crippen molar-refractivity contribution in [3.63, 3.8) is 0 Å². The van der Waals surface area contributed by atoms with Gasteiger partial charge in [0.15, 0.2) is 0 Å². The number of rotatable bonds is 5. The number of aromatic nitrogens is 3. The van der Waals surface area contributed by atoms with Gasteiger partial charge >= 0.3 is 17.8 Å². The van der Waals surface area contributed by atoms with Crippen LogP contribution in [0.25, 0.3) is 0 Å². The van der Waals surface area contributed by atoms with E-state index in [1.165, 1.54) is 0 Å². The fraction of sp³-hybridized carbons (Fsp3) is 0.211. The summed E-state index contributed by atoms with van der Waals surface area (Å²) in [5, 5.41) is 12.9. The average Bonchev–Trinajstić information content (AvgIpc) is 3.24. The highest BCUT2D eigenvalue weighted by Gasteiger charge is 2.18. The summed E-state index contributed by atoms with van der Waals surface area (Å²) in [6.07, 6.45) is 1.54. The van der Waals surface area contributed by atoms with Crippen molar-refractivity contribution in [1.29, 1.82) is 0 Å². The first-order valence-corrected chi connectivity index (χ1v) is 9.47. The maximum atomic E-state index is 12.3. The lowest BCUT2D eigenvalue weighted by molar-refractivity contribution is 0.0983. The number of carbonyl (C=O) groups excluding carboxylic acids is 2. The SMILES string of the molecule is O=C(Nc1nnc(C(=O)Nc2ccc(N3CCOCC3)nc2)o1)c1ccc(Cl)cc1. The Morgan fingerprint density at radius 2 is 1.73 bits per heavy atom. The van der Waals surface area contributed by atoms with Gasteiger partial charge in [0.1, 0.15) is 5.82 Å². The molecule has 0 spiro atoms. The molecule has 0 atom stereocenters. The van der Waals surface area contributed by atoms with E-state index in [4.69, 9.17) is 20.8 Å². The van der Waals surface area contributed by atoms with Gasteiger partial charge < -0.3 is 19.4 Å². The van der Waals surface area contributed by atoms with E-state index in [-0.39, 0.29) is 11.9 Å². The number of ether oxygens (including phenoxy) is 1. The zero-order valence-electron chi connectivity index (χ0n) is 15.7. The van der Waals surface area contributed by atoms with Crippen LogP contribution in [-0.4, -0.2) is 53.3 Å². The van der Waals surface area contributed by atoms with Gasteiger partial charge in [0.25, 0.3) is 5.91 Å². The van der Waals surface area contributed by atoms with Gasteiger partial charge in [-0.3, -0.25) is 14.9 Å². The molecular weight excluding hydrogens is 412 g/mol. The fourth-order valence-electron chi connectivity index (χ4n) is 2.76. The van der Waals surface area contributed by atoms with E-state index >= 15 is 0 Å². The molecule has 2 amide bonds. The lowest BCUT2D eigenvalue weighted by Gasteiger charge is -2.27. The number of carbonyl (C=O) groups is 2. The standard InChI is InChI=1S/C19H17ClN6O4/c20-13-3-1-12(2-4-13)16(27)23-19-25-24-18(30-19)17(28)22-14-5-6-15(21-11-14)26-7-9-29-10-8-26/h1-6,11H,7-10H2,(H,22,28)(H,23,25,27). The molecule has 0 bridgehead atoms. The maximum absolute atomic E-state index is 12.3. The molecule has 1 fully saturated rings. The number of pyridine rings is 1. The van der Waals surface area contributed by atoms with Gasteiger partial charge in [0.05, 0.1) is 25.1 Å². The van der Waals surface area contributed by atoms with Crippen molar-refractivity contribution in [1.82, 2.24) is 15.2 Å².